The standard InChI is InChI=1S/C18H27F2NO/c1-5-9-21-10-8-16(18(19,20)12-21)14-6-7-15(13(2)3)17(11-14)22-4/h6-7,11,13,16H,5,8-10,12H2,1-4H3/t16-/m0/s1. The number of benzene rings is 1. The fraction of sp³-hybridized carbons (Fsp3) is 0.667. The molecule has 0 amide bonds. The largest absolute Gasteiger partial charge is 0.496 e. The molecule has 2 nitrogen and oxygen atoms in total. The molecule has 1 aliphatic heterocycles. The topological polar surface area (TPSA) is 12.5 Å². The second kappa shape index (κ2) is 6.95. The molecule has 22 heavy (non-hydrogen) atoms. The smallest absolute Gasteiger partial charge is 0.267 e. The van der Waals surface area contributed by atoms with Gasteiger partial charge in [0, 0.05) is 0 Å². The van der Waals surface area contributed by atoms with Crippen LogP contribution >= 0.6 is 0 Å². The lowest BCUT2D eigenvalue weighted by Gasteiger charge is -2.38. The molecule has 1 aliphatic rings. The van der Waals surface area contributed by atoms with Crippen molar-refractivity contribution in [1.29, 1.82) is 0 Å². The molecule has 2 rings (SSSR count). The summed E-state index contributed by atoms with van der Waals surface area (Å²) in [6.07, 6.45) is 1.41. The first-order valence-electron chi connectivity index (χ1n) is 8.17. The van der Waals surface area contributed by atoms with E-state index in [1.807, 2.05) is 30.0 Å². The Morgan fingerprint density at radius 2 is 2.09 bits per heavy atom. The highest BCUT2D eigenvalue weighted by molar-refractivity contribution is 5.41. The van der Waals surface area contributed by atoms with Gasteiger partial charge in [0.1, 0.15) is 5.75 Å². The molecule has 0 spiro atoms. The highest BCUT2D eigenvalue weighted by Crippen LogP contribution is 2.42. The van der Waals surface area contributed by atoms with Crippen LogP contribution in [-0.2, 0) is 0 Å². The lowest BCUT2D eigenvalue weighted by Crippen LogP contribution is -2.47. The average Bonchev–Trinajstić information content (AvgIpc) is 2.46. The molecule has 1 atom stereocenters. The molecule has 0 radical (unpaired) electrons. The number of rotatable bonds is 5. The summed E-state index contributed by atoms with van der Waals surface area (Å²) in [7, 11) is 1.60. The van der Waals surface area contributed by atoms with Crippen molar-refractivity contribution >= 4 is 0 Å². The maximum atomic E-state index is 14.5. The molecule has 4 heteroatoms. The number of likely N-dealkylation sites (tertiary alicyclic amines) is 1. The first-order valence-corrected chi connectivity index (χ1v) is 8.17. The molecular weight excluding hydrogens is 284 g/mol. The van der Waals surface area contributed by atoms with Gasteiger partial charge in [-0.2, -0.15) is 0 Å². The zero-order valence-electron chi connectivity index (χ0n) is 14.0. The van der Waals surface area contributed by atoms with E-state index in [4.69, 9.17) is 4.74 Å². The quantitative estimate of drug-likeness (QED) is 0.784. The fourth-order valence-corrected chi connectivity index (χ4v) is 3.35. The van der Waals surface area contributed by atoms with E-state index in [1.165, 1.54) is 0 Å². The van der Waals surface area contributed by atoms with Gasteiger partial charge in [0.15, 0.2) is 0 Å². The Hall–Kier alpha value is -1.16. The third-order valence-corrected chi connectivity index (χ3v) is 4.50. The Morgan fingerprint density at radius 1 is 1.36 bits per heavy atom. The predicted octanol–water partition coefficient (Wildman–Crippen LogP) is 4.65. The highest BCUT2D eigenvalue weighted by Gasteiger charge is 2.45. The Kier molecular flexibility index (Phi) is 5.43. The molecule has 0 aliphatic carbocycles. The summed E-state index contributed by atoms with van der Waals surface area (Å²) in [6, 6.07) is 5.60. The van der Waals surface area contributed by atoms with Crippen LogP contribution in [0, 0.1) is 0 Å². The zero-order valence-corrected chi connectivity index (χ0v) is 14.0. The van der Waals surface area contributed by atoms with Gasteiger partial charge in [0.05, 0.1) is 19.6 Å². The maximum Gasteiger partial charge on any atom is 0.267 e. The molecule has 0 N–H and O–H groups in total. The van der Waals surface area contributed by atoms with Crippen molar-refractivity contribution in [1.82, 2.24) is 4.90 Å². The van der Waals surface area contributed by atoms with Crippen LogP contribution in [0.25, 0.3) is 0 Å². The summed E-state index contributed by atoms with van der Waals surface area (Å²) < 4.78 is 34.5. The summed E-state index contributed by atoms with van der Waals surface area (Å²) >= 11 is 0. The number of methoxy groups -OCH3 is 1. The van der Waals surface area contributed by atoms with Crippen LogP contribution in [0.2, 0.25) is 0 Å². The number of hydrogen-bond donors (Lipinski definition) is 0. The molecule has 1 saturated heterocycles. The van der Waals surface area contributed by atoms with Crippen molar-refractivity contribution in [2.45, 2.75) is 51.4 Å². The Morgan fingerprint density at radius 3 is 2.64 bits per heavy atom. The van der Waals surface area contributed by atoms with Crippen molar-refractivity contribution in [3.63, 3.8) is 0 Å². The Bertz CT molecular complexity index is 502. The first-order chi connectivity index (χ1) is 10.4. The highest BCUT2D eigenvalue weighted by atomic mass is 19.3. The van der Waals surface area contributed by atoms with Gasteiger partial charge in [-0.1, -0.05) is 32.9 Å². The van der Waals surface area contributed by atoms with E-state index in [9.17, 15) is 8.78 Å². The minimum Gasteiger partial charge on any atom is -0.496 e. The number of hydrogen-bond acceptors (Lipinski definition) is 2. The van der Waals surface area contributed by atoms with Crippen molar-refractivity contribution in [2.75, 3.05) is 26.7 Å². The van der Waals surface area contributed by atoms with Crippen LogP contribution in [-0.4, -0.2) is 37.6 Å². The molecule has 1 fully saturated rings. The molecule has 0 saturated carbocycles. The third-order valence-electron chi connectivity index (χ3n) is 4.50. The summed E-state index contributed by atoms with van der Waals surface area (Å²) in [5, 5.41) is 0. The monoisotopic (exact) mass is 311 g/mol. The van der Waals surface area contributed by atoms with E-state index < -0.39 is 11.8 Å². The van der Waals surface area contributed by atoms with E-state index in [2.05, 4.69) is 13.8 Å². The van der Waals surface area contributed by atoms with Crippen LogP contribution < -0.4 is 4.74 Å². The Balaban J connectivity index is 2.24. The zero-order chi connectivity index (χ0) is 16.3. The van der Waals surface area contributed by atoms with Gasteiger partial charge in [-0.25, -0.2) is 8.78 Å². The van der Waals surface area contributed by atoms with E-state index in [-0.39, 0.29) is 6.54 Å². The minimum absolute atomic E-state index is 0.139. The summed E-state index contributed by atoms with van der Waals surface area (Å²) in [6.45, 7) is 7.53. The van der Waals surface area contributed by atoms with Crippen molar-refractivity contribution < 1.29 is 13.5 Å². The summed E-state index contributed by atoms with van der Waals surface area (Å²) in [5.41, 5.74) is 1.76. The number of ether oxygens (including phenoxy) is 1. The van der Waals surface area contributed by atoms with Gasteiger partial charge in [0.2, 0.25) is 0 Å². The average molecular weight is 311 g/mol. The van der Waals surface area contributed by atoms with E-state index in [0.717, 1.165) is 30.8 Å². The number of nitrogens with zero attached hydrogens (tertiary/aromatic N) is 1. The fourth-order valence-electron chi connectivity index (χ4n) is 3.35. The molecule has 1 aromatic carbocycles. The van der Waals surface area contributed by atoms with Crippen molar-refractivity contribution in [3.05, 3.63) is 29.3 Å². The molecule has 1 heterocycles. The minimum atomic E-state index is -2.68. The number of alkyl halides is 2. The van der Waals surface area contributed by atoms with Crippen molar-refractivity contribution in [2.24, 2.45) is 0 Å². The van der Waals surface area contributed by atoms with Gasteiger partial charge < -0.3 is 4.74 Å². The lowest BCUT2D eigenvalue weighted by molar-refractivity contribution is -0.0826. The maximum absolute atomic E-state index is 14.5. The van der Waals surface area contributed by atoms with Crippen molar-refractivity contribution in [3.8, 4) is 5.75 Å². The normalized spacial score (nSPS) is 22.0. The second-order valence-corrected chi connectivity index (χ2v) is 6.53. The van der Waals surface area contributed by atoms with Gasteiger partial charge in [-0.05, 0) is 49.0 Å². The first kappa shape index (κ1) is 17.2. The summed E-state index contributed by atoms with van der Waals surface area (Å²) in [4.78, 5) is 1.87. The molecule has 0 bridgehead atoms. The van der Waals surface area contributed by atoms with Crippen LogP contribution in [0.5, 0.6) is 5.75 Å². The van der Waals surface area contributed by atoms with Crippen LogP contribution in [0.4, 0.5) is 8.78 Å². The van der Waals surface area contributed by atoms with Gasteiger partial charge in [-0.3, -0.25) is 4.90 Å². The molecule has 0 unspecified atom stereocenters. The van der Waals surface area contributed by atoms with Gasteiger partial charge >= 0.3 is 0 Å². The number of halogens is 2. The second-order valence-electron chi connectivity index (χ2n) is 6.53. The summed E-state index contributed by atoms with van der Waals surface area (Å²) in [5.74, 6) is -2.36. The van der Waals surface area contributed by atoms with Gasteiger partial charge in [-0.15, -0.1) is 0 Å². The van der Waals surface area contributed by atoms with Crippen LogP contribution in [0.15, 0.2) is 18.2 Å². The van der Waals surface area contributed by atoms with E-state index >= 15 is 0 Å². The van der Waals surface area contributed by atoms with Crippen LogP contribution in [0.3, 0.4) is 0 Å². The SMILES string of the molecule is CCCN1CC[C@@H](c2ccc(C(C)C)c(OC)c2)C(F)(F)C1. The van der Waals surface area contributed by atoms with Crippen LogP contribution in [0.1, 0.15) is 56.6 Å². The van der Waals surface area contributed by atoms with Gasteiger partial charge in [0.25, 0.3) is 5.92 Å². The Labute approximate surface area is 132 Å². The molecular formula is C18H27F2NO. The number of piperidine rings is 1. The molecule has 1 aromatic rings. The van der Waals surface area contributed by atoms with E-state index in [0.29, 0.717) is 17.9 Å². The predicted molar refractivity (Wildman–Crippen MR) is 86.1 cm³/mol. The lowest BCUT2D eigenvalue weighted by atomic mass is 9.85. The molecule has 0 aromatic heterocycles. The third kappa shape index (κ3) is 3.60. The van der Waals surface area contributed by atoms with E-state index in [1.54, 1.807) is 7.11 Å². The molecule has 124 valence electrons.